The minimum absolute atomic E-state index is 0.475. The summed E-state index contributed by atoms with van der Waals surface area (Å²) < 4.78 is 0. The van der Waals surface area contributed by atoms with Gasteiger partial charge in [0.2, 0.25) is 0 Å². The Balaban J connectivity index is 2.13. The number of rotatable bonds is 4. The summed E-state index contributed by atoms with van der Waals surface area (Å²) in [6.45, 7) is 0. The van der Waals surface area contributed by atoms with Gasteiger partial charge in [0.25, 0.3) is 0 Å². The van der Waals surface area contributed by atoms with E-state index in [2.05, 4.69) is 26.3 Å². The summed E-state index contributed by atoms with van der Waals surface area (Å²) in [7, 11) is 1.80. The van der Waals surface area contributed by atoms with Crippen LogP contribution in [0.15, 0.2) is 59.7 Å². The third-order valence-corrected chi connectivity index (χ3v) is 4.14. The SMILES string of the molecule is CN(/N=C(\CBr)c1ccccc1)C(=S)Nc1ccccc1Cl. The predicted octanol–water partition coefficient (Wildman–Crippen LogP) is 4.77. The lowest BCUT2D eigenvalue weighted by atomic mass is 10.1. The molecular formula is C16H15BrClN3S. The topological polar surface area (TPSA) is 27.6 Å². The normalized spacial score (nSPS) is 11.1. The van der Waals surface area contributed by atoms with Gasteiger partial charge in [-0.3, -0.25) is 0 Å². The Labute approximate surface area is 149 Å². The molecule has 0 spiro atoms. The molecule has 0 saturated carbocycles. The highest BCUT2D eigenvalue weighted by Gasteiger charge is 2.08. The second-order valence-electron chi connectivity index (χ2n) is 4.48. The number of hydrogen-bond donors (Lipinski definition) is 1. The summed E-state index contributed by atoms with van der Waals surface area (Å²) in [5, 5.41) is 11.0. The average molecular weight is 397 g/mol. The number of para-hydroxylation sites is 1. The number of anilines is 1. The van der Waals surface area contributed by atoms with Crippen LogP contribution in [0.3, 0.4) is 0 Å². The van der Waals surface area contributed by atoms with E-state index in [1.807, 2.05) is 54.6 Å². The summed E-state index contributed by atoms with van der Waals surface area (Å²) in [5.41, 5.74) is 2.70. The molecule has 114 valence electrons. The second-order valence-corrected chi connectivity index (χ2v) is 5.83. The smallest absolute Gasteiger partial charge is 0.193 e. The summed E-state index contributed by atoms with van der Waals surface area (Å²) in [6, 6.07) is 17.4. The van der Waals surface area contributed by atoms with Crippen molar-refractivity contribution in [3.63, 3.8) is 0 Å². The molecule has 2 aromatic carbocycles. The number of alkyl halides is 1. The molecule has 0 heterocycles. The van der Waals surface area contributed by atoms with Gasteiger partial charge < -0.3 is 5.32 Å². The fourth-order valence-electron chi connectivity index (χ4n) is 1.78. The molecule has 0 fully saturated rings. The molecule has 0 bridgehead atoms. The van der Waals surface area contributed by atoms with Crippen molar-refractivity contribution in [2.45, 2.75) is 0 Å². The zero-order valence-electron chi connectivity index (χ0n) is 12.0. The quantitative estimate of drug-likeness (QED) is 0.349. The molecule has 6 heteroatoms. The van der Waals surface area contributed by atoms with Gasteiger partial charge in [0.05, 0.1) is 16.4 Å². The molecule has 1 N–H and O–H groups in total. The van der Waals surface area contributed by atoms with Crippen molar-refractivity contribution in [3.8, 4) is 0 Å². The van der Waals surface area contributed by atoms with Crippen molar-refractivity contribution in [2.24, 2.45) is 5.10 Å². The van der Waals surface area contributed by atoms with Crippen LogP contribution in [-0.2, 0) is 0 Å². The minimum Gasteiger partial charge on any atom is -0.330 e. The summed E-state index contributed by atoms with van der Waals surface area (Å²) >= 11 is 15.0. The summed E-state index contributed by atoms with van der Waals surface area (Å²) in [4.78, 5) is 0. The van der Waals surface area contributed by atoms with Crippen LogP contribution >= 0.6 is 39.7 Å². The fraction of sp³-hybridized carbons (Fsp3) is 0.125. The van der Waals surface area contributed by atoms with Gasteiger partial charge in [0.15, 0.2) is 5.11 Å². The third kappa shape index (κ3) is 4.53. The molecule has 2 rings (SSSR count). The van der Waals surface area contributed by atoms with Gasteiger partial charge in [-0.15, -0.1) is 0 Å². The number of nitrogens with zero attached hydrogens (tertiary/aromatic N) is 2. The molecular weight excluding hydrogens is 382 g/mol. The largest absolute Gasteiger partial charge is 0.330 e. The van der Waals surface area contributed by atoms with Crippen molar-refractivity contribution < 1.29 is 0 Å². The lowest BCUT2D eigenvalue weighted by molar-refractivity contribution is 0.553. The molecule has 0 aliphatic heterocycles. The van der Waals surface area contributed by atoms with Gasteiger partial charge in [0, 0.05) is 12.4 Å². The van der Waals surface area contributed by atoms with Crippen molar-refractivity contribution in [2.75, 3.05) is 17.7 Å². The van der Waals surface area contributed by atoms with Crippen LogP contribution in [-0.4, -0.2) is 28.2 Å². The van der Waals surface area contributed by atoms with E-state index in [0.717, 1.165) is 17.0 Å². The van der Waals surface area contributed by atoms with Crippen LogP contribution in [0.1, 0.15) is 5.56 Å². The maximum Gasteiger partial charge on any atom is 0.193 e. The minimum atomic E-state index is 0.475. The lowest BCUT2D eigenvalue weighted by Crippen LogP contribution is -2.28. The Morgan fingerprint density at radius 1 is 1.18 bits per heavy atom. The standard InChI is InChI=1S/C16H15BrClN3S/c1-21(16(22)19-14-10-6-5-9-13(14)18)20-15(11-17)12-7-3-2-4-8-12/h2-10H,11H2,1H3,(H,19,22)/b20-15+. The summed E-state index contributed by atoms with van der Waals surface area (Å²) in [6.07, 6.45) is 0. The van der Waals surface area contributed by atoms with E-state index in [1.54, 1.807) is 12.1 Å². The Kier molecular flexibility index (Phi) is 6.36. The molecule has 0 radical (unpaired) electrons. The zero-order chi connectivity index (χ0) is 15.9. The molecule has 2 aromatic rings. The first-order valence-corrected chi connectivity index (χ1v) is 8.50. The van der Waals surface area contributed by atoms with Crippen LogP contribution in [0.25, 0.3) is 0 Å². The number of nitrogens with one attached hydrogen (secondary N) is 1. The van der Waals surface area contributed by atoms with E-state index in [4.69, 9.17) is 23.8 Å². The van der Waals surface area contributed by atoms with Crippen LogP contribution < -0.4 is 5.32 Å². The van der Waals surface area contributed by atoms with Crippen LogP contribution in [0.4, 0.5) is 5.69 Å². The Hall–Kier alpha value is -1.43. The first-order chi connectivity index (χ1) is 10.6. The van der Waals surface area contributed by atoms with E-state index in [1.165, 1.54) is 0 Å². The molecule has 0 amide bonds. The molecule has 0 aliphatic carbocycles. The van der Waals surface area contributed by atoms with Gasteiger partial charge in [-0.05, 0) is 29.9 Å². The van der Waals surface area contributed by atoms with E-state index >= 15 is 0 Å². The molecule has 0 aliphatic rings. The zero-order valence-corrected chi connectivity index (χ0v) is 15.1. The lowest BCUT2D eigenvalue weighted by Gasteiger charge is -2.18. The average Bonchev–Trinajstić information content (AvgIpc) is 2.55. The monoisotopic (exact) mass is 395 g/mol. The van der Waals surface area contributed by atoms with E-state index in [9.17, 15) is 0 Å². The van der Waals surface area contributed by atoms with E-state index in [-0.39, 0.29) is 0 Å². The molecule has 0 aromatic heterocycles. The number of halogens is 2. The maximum atomic E-state index is 6.12. The number of benzene rings is 2. The highest BCUT2D eigenvalue weighted by molar-refractivity contribution is 9.09. The highest BCUT2D eigenvalue weighted by Crippen LogP contribution is 2.20. The van der Waals surface area contributed by atoms with Crippen molar-refractivity contribution in [1.29, 1.82) is 0 Å². The third-order valence-electron chi connectivity index (χ3n) is 2.91. The molecule has 0 unspecified atom stereocenters. The van der Waals surface area contributed by atoms with Crippen molar-refractivity contribution in [3.05, 3.63) is 65.2 Å². The number of hydrazone groups is 1. The molecule has 0 atom stereocenters. The predicted molar refractivity (Wildman–Crippen MR) is 102 cm³/mol. The number of hydrogen-bond acceptors (Lipinski definition) is 2. The Bertz CT molecular complexity index is 676. The van der Waals surface area contributed by atoms with E-state index < -0.39 is 0 Å². The van der Waals surface area contributed by atoms with Crippen LogP contribution in [0.5, 0.6) is 0 Å². The molecule has 0 saturated heterocycles. The van der Waals surface area contributed by atoms with Gasteiger partial charge in [-0.1, -0.05) is 70.0 Å². The first-order valence-electron chi connectivity index (χ1n) is 6.60. The fourth-order valence-corrected chi connectivity index (χ4v) is 2.55. The van der Waals surface area contributed by atoms with Crippen molar-refractivity contribution in [1.82, 2.24) is 5.01 Å². The van der Waals surface area contributed by atoms with Gasteiger partial charge in [0.1, 0.15) is 0 Å². The van der Waals surface area contributed by atoms with Crippen molar-refractivity contribution >= 4 is 56.3 Å². The maximum absolute atomic E-state index is 6.12. The Morgan fingerprint density at radius 2 is 1.82 bits per heavy atom. The first kappa shape index (κ1) is 16.9. The van der Waals surface area contributed by atoms with Gasteiger partial charge in [-0.2, -0.15) is 5.10 Å². The van der Waals surface area contributed by atoms with Gasteiger partial charge >= 0.3 is 0 Å². The van der Waals surface area contributed by atoms with Crippen LogP contribution in [0, 0.1) is 0 Å². The number of thiocarbonyl (C=S) groups is 1. The van der Waals surface area contributed by atoms with E-state index in [0.29, 0.717) is 15.5 Å². The second kappa shape index (κ2) is 8.27. The molecule has 3 nitrogen and oxygen atoms in total. The van der Waals surface area contributed by atoms with Gasteiger partial charge in [-0.25, -0.2) is 5.01 Å². The molecule has 22 heavy (non-hydrogen) atoms. The Morgan fingerprint density at radius 3 is 2.45 bits per heavy atom. The summed E-state index contributed by atoms with van der Waals surface area (Å²) in [5.74, 6) is 0. The highest BCUT2D eigenvalue weighted by atomic mass is 79.9. The van der Waals surface area contributed by atoms with Crippen LogP contribution in [0.2, 0.25) is 5.02 Å².